The van der Waals surface area contributed by atoms with E-state index >= 15 is 0 Å². The number of nitrogens with zero attached hydrogens (tertiary/aromatic N) is 1. The number of piperidine rings is 1. The van der Waals surface area contributed by atoms with Crippen molar-refractivity contribution in [1.82, 2.24) is 4.90 Å². The van der Waals surface area contributed by atoms with E-state index in [-0.39, 0.29) is 12.2 Å². The Morgan fingerprint density at radius 3 is 2.74 bits per heavy atom. The fourth-order valence-corrected chi connectivity index (χ4v) is 2.93. The molecular formula is C17H22BrNO4. The maximum Gasteiger partial charge on any atom is 0.410 e. The van der Waals surface area contributed by atoms with Crippen LogP contribution in [0.3, 0.4) is 0 Å². The molecule has 0 radical (unpaired) electrons. The maximum absolute atomic E-state index is 12.2. The Hall–Kier alpha value is -1.56. The van der Waals surface area contributed by atoms with Crippen LogP contribution in [0.5, 0.6) is 5.75 Å². The molecule has 0 spiro atoms. The zero-order valence-electron chi connectivity index (χ0n) is 13.7. The summed E-state index contributed by atoms with van der Waals surface area (Å²) in [7, 11) is 0. The van der Waals surface area contributed by atoms with Crippen LogP contribution in [-0.4, -0.2) is 42.1 Å². The minimum Gasteiger partial charge on any atom is -0.489 e. The summed E-state index contributed by atoms with van der Waals surface area (Å²) < 4.78 is 12.1. The number of benzene rings is 1. The SMILES string of the molecule is CC(C)(C)OC(=O)N1CCCC(Oc2cc(Br)cc(C=O)c2)C1. The molecule has 1 aromatic rings. The van der Waals surface area contributed by atoms with E-state index in [9.17, 15) is 9.59 Å². The first-order valence-corrected chi connectivity index (χ1v) is 8.46. The maximum atomic E-state index is 12.2. The number of aldehydes is 1. The molecule has 1 aliphatic heterocycles. The summed E-state index contributed by atoms with van der Waals surface area (Å²) in [6.07, 6.45) is 2.09. The van der Waals surface area contributed by atoms with E-state index in [1.54, 1.807) is 17.0 Å². The van der Waals surface area contributed by atoms with Gasteiger partial charge in [0.2, 0.25) is 0 Å². The lowest BCUT2D eigenvalue weighted by Crippen LogP contribution is -2.46. The van der Waals surface area contributed by atoms with Gasteiger partial charge in [-0.15, -0.1) is 0 Å². The molecule has 0 aliphatic carbocycles. The minimum atomic E-state index is -0.506. The number of hydrogen-bond donors (Lipinski definition) is 0. The molecule has 1 fully saturated rings. The molecule has 1 heterocycles. The van der Waals surface area contributed by atoms with Crippen LogP contribution in [-0.2, 0) is 4.74 Å². The van der Waals surface area contributed by atoms with Gasteiger partial charge in [0.15, 0.2) is 0 Å². The lowest BCUT2D eigenvalue weighted by Gasteiger charge is -2.34. The molecule has 5 nitrogen and oxygen atoms in total. The molecule has 6 heteroatoms. The molecule has 1 aromatic carbocycles. The van der Waals surface area contributed by atoms with Gasteiger partial charge < -0.3 is 14.4 Å². The monoisotopic (exact) mass is 383 g/mol. The Morgan fingerprint density at radius 1 is 1.35 bits per heavy atom. The fraction of sp³-hybridized carbons (Fsp3) is 0.529. The van der Waals surface area contributed by atoms with Crippen molar-refractivity contribution in [3.05, 3.63) is 28.2 Å². The second-order valence-corrected chi connectivity index (χ2v) is 7.56. The van der Waals surface area contributed by atoms with Crippen molar-refractivity contribution in [3.63, 3.8) is 0 Å². The number of halogens is 1. The first kappa shape index (κ1) is 17.8. The summed E-state index contributed by atoms with van der Waals surface area (Å²) >= 11 is 3.36. The van der Waals surface area contributed by atoms with Gasteiger partial charge in [-0.2, -0.15) is 0 Å². The summed E-state index contributed by atoms with van der Waals surface area (Å²) in [5.41, 5.74) is 0.0443. The van der Waals surface area contributed by atoms with E-state index in [0.29, 0.717) is 24.4 Å². The third kappa shape index (κ3) is 5.53. The Kier molecular flexibility index (Phi) is 5.68. The molecular weight excluding hydrogens is 362 g/mol. The fourth-order valence-electron chi connectivity index (χ4n) is 2.44. The smallest absolute Gasteiger partial charge is 0.410 e. The summed E-state index contributed by atoms with van der Waals surface area (Å²) in [6, 6.07) is 5.25. The average molecular weight is 384 g/mol. The van der Waals surface area contributed by atoms with Gasteiger partial charge in [-0.3, -0.25) is 4.79 Å². The third-order valence-corrected chi connectivity index (χ3v) is 3.82. The average Bonchev–Trinajstić information content (AvgIpc) is 2.45. The molecule has 126 valence electrons. The highest BCUT2D eigenvalue weighted by Gasteiger charge is 2.28. The summed E-state index contributed by atoms with van der Waals surface area (Å²) in [5.74, 6) is 0.623. The van der Waals surface area contributed by atoms with Crippen LogP contribution < -0.4 is 4.74 Å². The third-order valence-electron chi connectivity index (χ3n) is 3.36. The van der Waals surface area contributed by atoms with Crippen molar-refractivity contribution in [2.45, 2.75) is 45.3 Å². The second-order valence-electron chi connectivity index (χ2n) is 6.65. The van der Waals surface area contributed by atoms with E-state index in [4.69, 9.17) is 9.47 Å². The Balaban J connectivity index is 2.00. The number of ether oxygens (including phenoxy) is 2. The van der Waals surface area contributed by atoms with E-state index in [1.807, 2.05) is 26.8 Å². The van der Waals surface area contributed by atoms with Crippen molar-refractivity contribution in [2.75, 3.05) is 13.1 Å². The molecule has 1 atom stereocenters. The molecule has 1 amide bonds. The van der Waals surface area contributed by atoms with Gasteiger partial charge in [0, 0.05) is 16.6 Å². The summed E-state index contributed by atoms with van der Waals surface area (Å²) in [6.45, 7) is 6.71. The van der Waals surface area contributed by atoms with Crippen molar-refractivity contribution < 1.29 is 19.1 Å². The minimum absolute atomic E-state index is 0.106. The van der Waals surface area contributed by atoms with Crippen LogP contribution in [0.25, 0.3) is 0 Å². The van der Waals surface area contributed by atoms with E-state index in [2.05, 4.69) is 15.9 Å². The van der Waals surface area contributed by atoms with Crippen molar-refractivity contribution in [1.29, 1.82) is 0 Å². The molecule has 0 N–H and O–H groups in total. The molecule has 1 unspecified atom stereocenters. The number of carbonyl (C=O) groups is 2. The molecule has 23 heavy (non-hydrogen) atoms. The Morgan fingerprint density at radius 2 is 2.09 bits per heavy atom. The molecule has 0 saturated carbocycles. The second kappa shape index (κ2) is 7.34. The normalized spacial score (nSPS) is 18.4. The quantitative estimate of drug-likeness (QED) is 0.739. The predicted molar refractivity (Wildman–Crippen MR) is 91.0 cm³/mol. The van der Waals surface area contributed by atoms with Crippen LogP contribution in [0.2, 0.25) is 0 Å². The largest absolute Gasteiger partial charge is 0.489 e. The van der Waals surface area contributed by atoms with Crippen molar-refractivity contribution in [2.24, 2.45) is 0 Å². The number of likely N-dealkylation sites (tertiary alicyclic amines) is 1. The van der Waals surface area contributed by atoms with Gasteiger partial charge in [-0.25, -0.2) is 4.79 Å². The molecule has 2 rings (SSSR count). The first-order valence-electron chi connectivity index (χ1n) is 7.67. The summed E-state index contributed by atoms with van der Waals surface area (Å²) in [4.78, 5) is 24.8. The van der Waals surface area contributed by atoms with Gasteiger partial charge in [0.05, 0.1) is 6.54 Å². The Bertz CT molecular complexity index is 582. The van der Waals surface area contributed by atoms with Gasteiger partial charge in [0.1, 0.15) is 23.7 Å². The number of amides is 1. The van der Waals surface area contributed by atoms with Crippen molar-refractivity contribution in [3.8, 4) is 5.75 Å². The number of rotatable bonds is 3. The lowest BCUT2D eigenvalue weighted by molar-refractivity contribution is 0.00775. The zero-order chi connectivity index (χ0) is 17.0. The lowest BCUT2D eigenvalue weighted by atomic mass is 10.1. The van der Waals surface area contributed by atoms with Crippen LogP contribution in [0.1, 0.15) is 44.0 Å². The van der Waals surface area contributed by atoms with Crippen molar-refractivity contribution >= 4 is 28.3 Å². The number of hydrogen-bond acceptors (Lipinski definition) is 4. The van der Waals surface area contributed by atoms with Gasteiger partial charge in [0.25, 0.3) is 0 Å². The molecule has 1 aliphatic rings. The molecule has 0 aromatic heterocycles. The van der Waals surface area contributed by atoms with Gasteiger partial charge in [-0.05, 0) is 51.8 Å². The van der Waals surface area contributed by atoms with E-state index in [1.165, 1.54) is 0 Å². The number of carbonyl (C=O) groups excluding carboxylic acids is 2. The van der Waals surface area contributed by atoms with Crippen LogP contribution in [0.4, 0.5) is 4.79 Å². The molecule has 0 bridgehead atoms. The standard InChI is InChI=1S/C17H22BrNO4/c1-17(2,3)23-16(21)19-6-4-5-14(10-19)22-15-8-12(11-20)7-13(18)9-15/h7-9,11,14H,4-6,10H2,1-3H3. The highest BCUT2D eigenvalue weighted by atomic mass is 79.9. The highest BCUT2D eigenvalue weighted by molar-refractivity contribution is 9.10. The van der Waals surface area contributed by atoms with Gasteiger partial charge in [-0.1, -0.05) is 15.9 Å². The first-order chi connectivity index (χ1) is 10.8. The van der Waals surface area contributed by atoms with Crippen LogP contribution in [0.15, 0.2) is 22.7 Å². The Labute approximate surface area is 145 Å². The topological polar surface area (TPSA) is 55.8 Å². The van der Waals surface area contributed by atoms with E-state index in [0.717, 1.165) is 23.6 Å². The highest BCUT2D eigenvalue weighted by Crippen LogP contribution is 2.24. The summed E-state index contributed by atoms with van der Waals surface area (Å²) in [5, 5.41) is 0. The van der Waals surface area contributed by atoms with E-state index < -0.39 is 5.60 Å². The predicted octanol–water partition coefficient (Wildman–Crippen LogP) is 4.04. The van der Waals surface area contributed by atoms with Crippen LogP contribution >= 0.6 is 15.9 Å². The zero-order valence-corrected chi connectivity index (χ0v) is 15.3. The molecule has 1 saturated heterocycles. The van der Waals surface area contributed by atoms with Crippen LogP contribution in [0, 0.1) is 0 Å². The van der Waals surface area contributed by atoms with Gasteiger partial charge >= 0.3 is 6.09 Å².